The maximum atomic E-state index is 12.4. The topological polar surface area (TPSA) is 76.4 Å². The van der Waals surface area contributed by atoms with E-state index < -0.39 is 0 Å². The van der Waals surface area contributed by atoms with E-state index in [-0.39, 0.29) is 23.9 Å². The van der Waals surface area contributed by atoms with E-state index in [1.165, 1.54) is 6.92 Å². The monoisotopic (exact) mass is 312 g/mol. The predicted molar refractivity (Wildman–Crippen MR) is 84.2 cm³/mol. The summed E-state index contributed by atoms with van der Waals surface area (Å²) in [5, 5.41) is 12.1. The summed E-state index contributed by atoms with van der Waals surface area (Å²) in [6.45, 7) is 3.85. The van der Waals surface area contributed by atoms with Crippen LogP contribution >= 0.6 is 0 Å². The van der Waals surface area contributed by atoms with Gasteiger partial charge in [-0.05, 0) is 18.1 Å². The number of nitriles is 1. The first-order valence-corrected chi connectivity index (χ1v) is 7.83. The molecular weight excluding hydrogens is 292 g/mol. The molecule has 0 spiro atoms. The number of carbonyl (C=O) groups is 2. The van der Waals surface area contributed by atoms with Gasteiger partial charge in [0.25, 0.3) is 0 Å². The zero-order chi connectivity index (χ0) is 16.4. The van der Waals surface area contributed by atoms with Crippen LogP contribution in [-0.2, 0) is 16.1 Å². The number of nitrogens with one attached hydrogen (secondary N) is 1. The van der Waals surface area contributed by atoms with Crippen LogP contribution in [0, 0.1) is 11.3 Å². The zero-order valence-electron chi connectivity index (χ0n) is 13.2. The van der Waals surface area contributed by atoms with Gasteiger partial charge in [-0.2, -0.15) is 5.26 Å². The van der Waals surface area contributed by atoms with Crippen molar-refractivity contribution in [2.24, 2.45) is 0 Å². The number of rotatable bonds is 3. The Morgan fingerprint density at radius 1 is 1.39 bits per heavy atom. The fourth-order valence-corrected chi connectivity index (χ4v) is 3.56. The average molecular weight is 312 g/mol. The standard InChI is InChI=1S/C17H20N4O2/c1-12(22)19-15-6-16-10-20(11-17(23)21(16)9-15)8-14-5-3-2-4-13(14)7-18/h2-5,15-16H,6,8-11H2,1H3,(H,19,22)/t15-,16-/m0/s1. The minimum absolute atomic E-state index is 0.0489. The van der Waals surface area contributed by atoms with E-state index in [1.54, 1.807) is 6.07 Å². The molecule has 0 bridgehead atoms. The van der Waals surface area contributed by atoms with Gasteiger partial charge in [-0.3, -0.25) is 14.5 Å². The van der Waals surface area contributed by atoms with Gasteiger partial charge in [0.2, 0.25) is 11.8 Å². The summed E-state index contributed by atoms with van der Waals surface area (Å²) in [5.74, 6) is 0.0469. The number of nitrogens with zero attached hydrogens (tertiary/aromatic N) is 3. The molecule has 0 saturated carbocycles. The molecule has 0 aromatic heterocycles. The highest BCUT2D eigenvalue weighted by atomic mass is 16.2. The molecular formula is C17H20N4O2. The number of carbonyl (C=O) groups excluding carboxylic acids is 2. The van der Waals surface area contributed by atoms with Gasteiger partial charge in [-0.25, -0.2) is 0 Å². The molecule has 0 unspecified atom stereocenters. The Morgan fingerprint density at radius 2 is 2.17 bits per heavy atom. The Labute approximate surface area is 135 Å². The summed E-state index contributed by atoms with van der Waals surface area (Å²) in [6, 6.07) is 9.89. The molecule has 1 aromatic rings. The highest BCUT2D eigenvalue weighted by Gasteiger charge is 2.40. The van der Waals surface area contributed by atoms with E-state index >= 15 is 0 Å². The van der Waals surface area contributed by atoms with Gasteiger partial charge in [-0.1, -0.05) is 18.2 Å². The van der Waals surface area contributed by atoms with Crippen LogP contribution in [0.2, 0.25) is 0 Å². The molecule has 2 atom stereocenters. The number of benzene rings is 1. The molecule has 3 rings (SSSR count). The van der Waals surface area contributed by atoms with Crippen molar-refractivity contribution >= 4 is 11.8 Å². The Bertz CT molecular complexity index is 667. The third-order valence-corrected chi connectivity index (χ3v) is 4.50. The summed E-state index contributed by atoms with van der Waals surface area (Å²) in [7, 11) is 0. The van der Waals surface area contributed by atoms with Crippen molar-refractivity contribution in [3.63, 3.8) is 0 Å². The average Bonchev–Trinajstić information content (AvgIpc) is 2.90. The fraction of sp³-hybridized carbons (Fsp3) is 0.471. The summed E-state index contributed by atoms with van der Waals surface area (Å²) in [5.41, 5.74) is 1.61. The van der Waals surface area contributed by atoms with Crippen molar-refractivity contribution in [1.82, 2.24) is 15.1 Å². The molecule has 2 aliphatic rings. The van der Waals surface area contributed by atoms with Crippen LogP contribution in [0.3, 0.4) is 0 Å². The molecule has 0 aliphatic carbocycles. The number of hydrogen-bond acceptors (Lipinski definition) is 4. The van der Waals surface area contributed by atoms with Crippen molar-refractivity contribution in [2.45, 2.75) is 32.0 Å². The summed E-state index contributed by atoms with van der Waals surface area (Å²) < 4.78 is 0. The second-order valence-electron chi connectivity index (χ2n) is 6.27. The minimum atomic E-state index is -0.0536. The molecule has 6 heteroatoms. The highest BCUT2D eigenvalue weighted by molar-refractivity contribution is 5.80. The second-order valence-corrected chi connectivity index (χ2v) is 6.27. The van der Waals surface area contributed by atoms with Gasteiger partial charge in [0.1, 0.15) is 0 Å². The van der Waals surface area contributed by atoms with Crippen LogP contribution in [0.1, 0.15) is 24.5 Å². The van der Waals surface area contributed by atoms with Crippen LogP contribution in [0.4, 0.5) is 0 Å². The lowest BCUT2D eigenvalue weighted by Crippen LogP contribution is -2.53. The fourth-order valence-electron chi connectivity index (χ4n) is 3.56. The highest BCUT2D eigenvalue weighted by Crippen LogP contribution is 2.24. The normalized spacial score (nSPS) is 24.2. The van der Waals surface area contributed by atoms with Gasteiger partial charge in [0, 0.05) is 38.6 Å². The molecule has 120 valence electrons. The third-order valence-electron chi connectivity index (χ3n) is 4.50. The lowest BCUT2D eigenvalue weighted by Gasteiger charge is -2.37. The van der Waals surface area contributed by atoms with E-state index in [0.29, 0.717) is 25.2 Å². The quantitative estimate of drug-likeness (QED) is 0.881. The predicted octanol–water partition coefficient (Wildman–Crippen LogP) is 0.479. The van der Waals surface area contributed by atoms with Crippen LogP contribution in [0.25, 0.3) is 0 Å². The van der Waals surface area contributed by atoms with Crippen molar-refractivity contribution < 1.29 is 9.59 Å². The summed E-state index contributed by atoms with van der Waals surface area (Å²) in [6.07, 6.45) is 0.793. The smallest absolute Gasteiger partial charge is 0.237 e. The Balaban J connectivity index is 1.68. The van der Waals surface area contributed by atoms with Crippen LogP contribution in [0.15, 0.2) is 24.3 Å². The molecule has 1 N–H and O–H groups in total. The molecule has 0 radical (unpaired) electrons. The van der Waals surface area contributed by atoms with Gasteiger partial charge in [0.05, 0.1) is 18.2 Å². The van der Waals surface area contributed by atoms with E-state index in [4.69, 9.17) is 0 Å². The summed E-state index contributed by atoms with van der Waals surface area (Å²) >= 11 is 0. The van der Waals surface area contributed by atoms with Crippen molar-refractivity contribution in [3.8, 4) is 6.07 Å². The van der Waals surface area contributed by atoms with Crippen molar-refractivity contribution in [1.29, 1.82) is 5.26 Å². The van der Waals surface area contributed by atoms with E-state index in [2.05, 4.69) is 16.3 Å². The first-order chi connectivity index (χ1) is 11.1. The van der Waals surface area contributed by atoms with Crippen molar-refractivity contribution in [3.05, 3.63) is 35.4 Å². The Hall–Kier alpha value is -2.39. The number of hydrogen-bond donors (Lipinski definition) is 1. The first kappa shape index (κ1) is 15.5. The van der Waals surface area contributed by atoms with E-state index in [1.807, 2.05) is 23.1 Å². The molecule has 2 saturated heterocycles. The second kappa shape index (κ2) is 6.39. The molecule has 2 aliphatic heterocycles. The lowest BCUT2D eigenvalue weighted by atomic mass is 10.1. The molecule has 23 heavy (non-hydrogen) atoms. The SMILES string of the molecule is CC(=O)N[C@H]1C[C@H]2CN(Cc3ccccc3C#N)CC(=O)N2C1. The molecule has 6 nitrogen and oxygen atoms in total. The largest absolute Gasteiger partial charge is 0.352 e. The number of piperazine rings is 1. The lowest BCUT2D eigenvalue weighted by molar-refractivity contribution is -0.138. The van der Waals surface area contributed by atoms with E-state index in [0.717, 1.165) is 18.5 Å². The maximum absolute atomic E-state index is 12.4. The third kappa shape index (κ3) is 3.35. The van der Waals surface area contributed by atoms with Crippen molar-refractivity contribution in [2.75, 3.05) is 19.6 Å². The van der Waals surface area contributed by atoms with Gasteiger partial charge in [0.15, 0.2) is 0 Å². The molecule has 2 fully saturated rings. The summed E-state index contributed by atoms with van der Waals surface area (Å²) in [4.78, 5) is 27.6. The van der Waals surface area contributed by atoms with Crippen LogP contribution in [-0.4, -0.2) is 53.3 Å². The first-order valence-electron chi connectivity index (χ1n) is 7.83. The van der Waals surface area contributed by atoms with E-state index in [9.17, 15) is 14.9 Å². The Morgan fingerprint density at radius 3 is 2.91 bits per heavy atom. The molecule has 1 aromatic carbocycles. The van der Waals surface area contributed by atoms with Gasteiger partial charge >= 0.3 is 0 Å². The van der Waals surface area contributed by atoms with Gasteiger partial charge < -0.3 is 10.2 Å². The number of amides is 2. The maximum Gasteiger partial charge on any atom is 0.237 e. The number of fused-ring (bicyclic) bond motifs is 1. The minimum Gasteiger partial charge on any atom is -0.352 e. The zero-order valence-corrected chi connectivity index (χ0v) is 13.2. The Kier molecular flexibility index (Phi) is 4.30. The van der Waals surface area contributed by atoms with Gasteiger partial charge in [-0.15, -0.1) is 0 Å². The van der Waals surface area contributed by atoms with Crippen LogP contribution < -0.4 is 5.32 Å². The molecule has 2 heterocycles. The molecule has 2 amide bonds. The van der Waals surface area contributed by atoms with Crippen LogP contribution in [0.5, 0.6) is 0 Å².